The first-order chi connectivity index (χ1) is 21.0. The molecule has 0 amide bonds. The van der Waals surface area contributed by atoms with Crippen LogP contribution in [0.3, 0.4) is 0 Å². The first-order valence-electron chi connectivity index (χ1n) is 13.6. The minimum atomic E-state index is -0.0516. The van der Waals surface area contributed by atoms with Gasteiger partial charge in [-0.3, -0.25) is 9.59 Å². The molecule has 208 valence electrons. The predicted molar refractivity (Wildman–Crippen MR) is 178 cm³/mol. The lowest BCUT2D eigenvalue weighted by atomic mass is 9.99. The van der Waals surface area contributed by atoms with E-state index in [2.05, 4.69) is 24.3 Å². The molecule has 0 aliphatic rings. The van der Waals surface area contributed by atoms with Gasteiger partial charge in [0.2, 0.25) is 0 Å². The number of benzene rings is 6. The van der Waals surface area contributed by atoms with Crippen LogP contribution in [-0.2, 0) is 0 Å². The molecule has 0 aromatic heterocycles. The second-order valence-electron chi connectivity index (χ2n) is 9.93. The largest absolute Gasteiger partial charge is 0.289 e. The van der Waals surface area contributed by atoms with Crippen LogP contribution >= 0.6 is 35.0 Å². The maximum Gasteiger partial charge on any atom is 0.193 e. The number of carbonyl (C=O) groups is 2. The summed E-state index contributed by atoms with van der Waals surface area (Å²) in [6.45, 7) is 0. The lowest BCUT2D eigenvalue weighted by Crippen LogP contribution is -2.01. The summed E-state index contributed by atoms with van der Waals surface area (Å²) in [7, 11) is 0. The molecule has 0 unspecified atom stereocenters. The van der Waals surface area contributed by atoms with Gasteiger partial charge in [-0.05, 0) is 47.5 Å². The predicted octanol–water partition coefficient (Wildman–Crippen LogP) is 10.9. The van der Waals surface area contributed by atoms with E-state index < -0.39 is 0 Å². The Labute approximate surface area is 264 Å². The van der Waals surface area contributed by atoms with Crippen molar-refractivity contribution in [3.05, 3.63) is 178 Å². The van der Waals surface area contributed by atoms with Crippen LogP contribution in [-0.4, -0.2) is 11.6 Å². The Morgan fingerprint density at radius 1 is 0.419 bits per heavy atom. The summed E-state index contributed by atoms with van der Waals surface area (Å²) < 4.78 is 0. The minimum Gasteiger partial charge on any atom is -0.289 e. The molecular formula is C38H24Cl2O2S. The maximum absolute atomic E-state index is 12.8. The van der Waals surface area contributed by atoms with E-state index in [0.717, 1.165) is 32.0 Å². The number of ketones is 2. The maximum atomic E-state index is 12.8. The zero-order valence-electron chi connectivity index (χ0n) is 22.8. The van der Waals surface area contributed by atoms with Crippen LogP contribution in [0.5, 0.6) is 0 Å². The van der Waals surface area contributed by atoms with Crippen molar-refractivity contribution in [1.82, 2.24) is 0 Å². The molecule has 43 heavy (non-hydrogen) atoms. The van der Waals surface area contributed by atoms with Crippen LogP contribution in [0.25, 0.3) is 22.3 Å². The van der Waals surface area contributed by atoms with Crippen LogP contribution in [0.1, 0.15) is 31.8 Å². The smallest absolute Gasteiger partial charge is 0.193 e. The third kappa shape index (κ3) is 6.50. The molecule has 0 saturated carbocycles. The third-order valence-electron chi connectivity index (χ3n) is 7.10. The van der Waals surface area contributed by atoms with Gasteiger partial charge < -0.3 is 0 Å². The summed E-state index contributed by atoms with van der Waals surface area (Å²) >= 11 is 14.9. The summed E-state index contributed by atoms with van der Waals surface area (Å²) in [5, 5.41) is 1.07. The molecule has 0 aliphatic carbocycles. The first kappa shape index (κ1) is 28.7. The zero-order valence-corrected chi connectivity index (χ0v) is 25.2. The van der Waals surface area contributed by atoms with Crippen molar-refractivity contribution in [2.45, 2.75) is 9.79 Å². The highest BCUT2D eigenvalue weighted by molar-refractivity contribution is 7.99. The Morgan fingerprint density at radius 2 is 0.791 bits per heavy atom. The molecule has 0 heterocycles. The van der Waals surface area contributed by atoms with Crippen molar-refractivity contribution >= 4 is 46.5 Å². The molecule has 0 radical (unpaired) electrons. The number of rotatable bonds is 8. The van der Waals surface area contributed by atoms with Gasteiger partial charge in [-0.25, -0.2) is 0 Å². The highest BCUT2D eigenvalue weighted by Crippen LogP contribution is 2.35. The van der Waals surface area contributed by atoms with Gasteiger partial charge in [0.05, 0.1) is 0 Å². The Morgan fingerprint density at radius 3 is 1.14 bits per heavy atom. The minimum absolute atomic E-state index is 0.0516. The van der Waals surface area contributed by atoms with Crippen LogP contribution in [0.15, 0.2) is 155 Å². The normalized spacial score (nSPS) is 10.8. The van der Waals surface area contributed by atoms with Gasteiger partial charge in [-0.2, -0.15) is 0 Å². The van der Waals surface area contributed by atoms with E-state index in [1.165, 1.54) is 0 Å². The summed E-state index contributed by atoms with van der Waals surface area (Å²) in [6.07, 6.45) is 0. The van der Waals surface area contributed by atoms with E-state index in [9.17, 15) is 9.59 Å². The molecule has 0 N–H and O–H groups in total. The first-order valence-corrected chi connectivity index (χ1v) is 15.2. The van der Waals surface area contributed by atoms with Gasteiger partial charge in [-0.15, -0.1) is 0 Å². The van der Waals surface area contributed by atoms with Gasteiger partial charge in [0.15, 0.2) is 11.6 Å². The van der Waals surface area contributed by atoms with Crippen molar-refractivity contribution in [1.29, 1.82) is 0 Å². The van der Waals surface area contributed by atoms with E-state index in [4.69, 9.17) is 23.2 Å². The zero-order chi connectivity index (χ0) is 29.8. The molecular weight excluding hydrogens is 591 g/mol. The van der Waals surface area contributed by atoms with E-state index in [-0.39, 0.29) is 11.6 Å². The fraction of sp³-hybridized carbons (Fsp3) is 0. The van der Waals surface area contributed by atoms with Crippen LogP contribution < -0.4 is 0 Å². The molecule has 5 heteroatoms. The van der Waals surface area contributed by atoms with Crippen molar-refractivity contribution in [2.75, 3.05) is 0 Å². The monoisotopic (exact) mass is 614 g/mol. The molecule has 2 nitrogen and oxygen atoms in total. The lowest BCUT2D eigenvalue weighted by Gasteiger charge is -2.10. The Kier molecular flexibility index (Phi) is 8.57. The fourth-order valence-electron chi connectivity index (χ4n) is 4.83. The summed E-state index contributed by atoms with van der Waals surface area (Å²) in [4.78, 5) is 27.8. The third-order valence-corrected chi connectivity index (χ3v) is 8.74. The van der Waals surface area contributed by atoms with E-state index in [1.807, 2.05) is 84.9 Å². The molecule has 0 fully saturated rings. The number of carbonyl (C=O) groups excluding carboxylic acids is 2. The topological polar surface area (TPSA) is 34.1 Å². The number of halogens is 2. The lowest BCUT2D eigenvalue weighted by molar-refractivity contribution is 0.103. The summed E-state index contributed by atoms with van der Waals surface area (Å²) in [5.74, 6) is -0.103. The van der Waals surface area contributed by atoms with Gasteiger partial charge >= 0.3 is 0 Å². The second kappa shape index (κ2) is 12.8. The molecule has 6 aromatic rings. The SMILES string of the molecule is O=C(c1ccccc1)c1ccc(-c2ccc(Sc3ccc(-c4ccc(C(=O)c5ccccc5)cc4Cl)cc3)cc2)c(Cl)c1. The quantitative estimate of drug-likeness (QED) is 0.160. The van der Waals surface area contributed by atoms with Gasteiger partial charge in [0.1, 0.15) is 0 Å². The summed E-state index contributed by atoms with van der Waals surface area (Å²) in [5.41, 5.74) is 6.11. The van der Waals surface area contributed by atoms with Gasteiger partial charge in [0, 0.05) is 53.2 Å². The number of hydrogen-bond acceptors (Lipinski definition) is 3. The Hall–Kier alpha value is -4.41. The standard InChI is InChI=1S/C38H24Cl2O2S/c39-35-23-29(37(41)27-7-3-1-4-8-27)15-21-33(35)25-11-17-31(18-12-25)43-32-19-13-26(14-20-32)34-22-16-30(24-36(34)40)38(42)28-9-5-2-6-10-28/h1-24H. The highest BCUT2D eigenvalue weighted by Gasteiger charge is 2.14. The average Bonchev–Trinajstić information content (AvgIpc) is 3.06. The molecule has 0 atom stereocenters. The molecule has 0 bridgehead atoms. The molecule has 0 aliphatic heterocycles. The molecule has 6 rings (SSSR count). The number of hydrogen-bond donors (Lipinski definition) is 0. The van der Waals surface area contributed by atoms with E-state index in [1.54, 1.807) is 48.2 Å². The molecule has 0 spiro atoms. The van der Waals surface area contributed by atoms with Crippen molar-refractivity contribution in [3.63, 3.8) is 0 Å². The molecule has 0 saturated heterocycles. The van der Waals surface area contributed by atoms with Crippen LogP contribution in [0, 0.1) is 0 Å². The average molecular weight is 616 g/mol. The van der Waals surface area contributed by atoms with Crippen LogP contribution in [0.4, 0.5) is 0 Å². The Bertz CT molecular complexity index is 1780. The second-order valence-corrected chi connectivity index (χ2v) is 11.9. The molecule has 6 aromatic carbocycles. The van der Waals surface area contributed by atoms with E-state index >= 15 is 0 Å². The summed E-state index contributed by atoms with van der Waals surface area (Å²) in [6, 6.07) is 45.7. The van der Waals surface area contributed by atoms with Crippen molar-refractivity contribution in [3.8, 4) is 22.3 Å². The van der Waals surface area contributed by atoms with Crippen molar-refractivity contribution in [2.24, 2.45) is 0 Å². The van der Waals surface area contributed by atoms with Gasteiger partial charge in [0.25, 0.3) is 0 Å². The van der Waals surface area contributed by atoms with Gasteiger partial charge in [-0.1, -0.05) is 144 Å². The van der Waals surface area contributed by atoms with E-state index in [0.29, 0.717) is 32.3 Å². The fourth-order valence-corrected chi connectivity index (χ4v) is 6.23. The Balaban J connectivity index is 1.13. The highest BCUT2D eigenvalue weighted by atomic mass is 35.5. The van der Waals surface area contributed by atoms with Crippen LogP contribution in [0.2, 0.25) is 10.0 Å². The van der Waals surface area contributed by atoms with Crippen molar-refractivity contribution < 1.29 is 9.59 Å².